The van der Waals surface area contributed by atoms with E-state index < -0.39 is 12.1 Å². The van der Waals surface area contributed by atoms with Gasteiger partial charge in [-0.25, -0.2) is 15.0 Å². The van der Waals surface area contributed by atoms with Crippen molar-refractivity contribution in [2.24, 2.45) is 7.05 Å². The van der Waals surface area contributed by atoms with Gasteiger partial charge in [-0.1, -0.05) is 36.4 Å². The van der Waals surface area contributed by atoms with Gasteiger partial charge in [-0.05, 0) is 30.7 Å². The summed E-state index contributed by atoms with van der Waals surface area (Å²) in [7, 11) is 1.83. The van der Waals surface area contributed by atoms with E-state index in [2.05, 4.69) is 30.5 Å². The number of nitrogens with zero attached hydrogens (tertiary/aromatic N) is 5. The lowest BCUT2D eigenvalue weighted by Gasteiger charge is -2.26. The van der Waals surface area contributed by atoms with Crippen molar-refractivity contribution in [3.05, 3.63) is 66.0 Å². The largest absolute Gasteiger partial charge is 0.382 e. The van der Waals surface area contributed by atoms with Crippen LogP contribution >= 0.6 is 0 Å². The maximum Gasteiger partial charge on any atom is 0.280 e. The number of nitrogens with two attached hydrogens (primary N) is 1. The molecule has 0 saturated carbocycles. The number of amides is 1. The zero-order valence-corrected chi connectivity index (χ0v) is 19.5. The number of aryl methyl sites for hydroxylation is 1. The molecule has 10 heteroatoms. The van der Waals surface area contributed by atoms with Gasteiger partial charge in [0.15, 0.2) is 11.5 Å². The van der Waals surface area contributed by atoms with Crippen molar-refractivity contribution >= 4 is 28.7 Å². The minimum absolute atomic E-state index is 0.0238. The highest BCUT2D eigenvalue weighted by atomic mass is 16.3. The van der Waals surface area contributed by atoms with Crippen LogP contribution in [-0.4, -0.2) is 61.6 Å². The number of hydrogen-bond donors (Lipinski definition) is 4. The molecular weight excluding hydrogens is 444 g/mol. The number of aliphatic hydroxyl groups excluding tert-OH is 1. The Morgan fingerprint density at radius 2 is 1.91 bits per heavy atom. The molecule has 5 N–H and O–H groups in total. The molecule has 1 atom stereocenters. The summed E-state index contributed by atoms with van der Waals surface area (Å²) in [5, 5.41) is 16.9. The first-order chi connectivity index (χ1) is 17.0. The van der Waals surface area contributed by atoms with Gasteiger partial charge < -0.3 is 20.7 Å². The number of carbonyl (C=O) groups excluding carboxylic acids is 1. The molecule has 1 aliphatic rings. The summed E-state index contributed by atoms with van der Waals surface area (Å²) in [6.45, 7) is 3.44. The lowest BCUT2D eigenvalue weighted by Crippen LogP contribution is -2.32. The molecule has 0 bridgehead atoms. The Morgan fingerprint density at radius 1 is 1.11 bits per heavy atom. The van der Waals surface area contributed by atoms with Crippen LogP contribution in [0, 0.1) is 0 Å². The molecule has 0 spiro atoms. The quantitative estimate of drug-likeness (QED) is 0.347. The van der Waals surface area contributed by atoms with Crippen molar-refractivity contribution in [1.82, 2.24) is 29.7 Å². The molecular formula is C25H28N8O2. The fraction of sp³-hybridized carbons (Fsp3) is 0.280. The van der Waals surface area contributed by atoms with Crippen molar-refractivity contribution in [3.8, 4) is 11.3 Å². The summed E-state index contributed by atoms with van der Waals surface area (Å²) in [6.07, 6.45) is 1.86. The number of carbonyl (C=O) groups is 1. The van der Waals surface area contributed by atoms with E-state index in [0.717, 1.165) is 54.8 Å². The molecule has 1 fully saturated rings. The number of aromatic nitrogens is 4. The lowest BCUT2D eigenvalue weighted by molar-refractivity contribution is 0.00622. The summed E-state index contributed by atoms with van der Waals surface area (Å²) in [5.41, 5.74) is 9.76. The van der Waals surface area contributed by atoms with E-state index in [-0.39, 0.29) is 11.5 Å². The van der Waals surface area contributed by atoms with Gasteiger partial charge in [-0.15, -0.1) is 0 Å². The first-order valence-corrected chi connectivity index (χ1v) is 11.6. The highest BCUT2D eigenvalue weighted by Crippen LogP contribution is 2.24. The minimum Gasteiger partial charge on any atom is -0.382 e. The van der Waals surface area contributed by atoms with Crippen LogP contribution in [0.25, 0.3) is 22.3 Å². The highest BCUT2D eigenvalue weighted by molar-refractivity contribution is 6.05. The highest BCUT2D eigenvalue weighted by Gasteiger charge is 2.20. The van der Waals surface area contributed by atoms with Crippen molar-refractivity contribution in [2.75, 3.05) is 37.2 Å². The zero-order chi connectivity index (χ0) is 24.4. The summed E-state index contributed by atoms with van der Waals surface area (Å²) < 4.78 is 1.80. The minimum atomic E-state index is -0.670. The van der Waals surface area contributed by atoms with Crippen LogP contribution < -0.4 is 16.4 Å². The van der Waals surface area contributed by atoms with Crippen LogP contribution in [0.5, 0.6) is 0 Å². The summed E-state index contributed by atoms with van der Waals surface area (Å²) >= 11 is 0. The van der Waals surface area contributed by atoms with Crippen molar-refractivity contribution < 1.29 is 9.90 Å². The second kappa shape index (κ2) is 9.79. The average molecular weight is 473 g/mol. The molecule has 1 unspecified atom stereocenters. The van der Waals surface area contributed by atoms with Crippen LogP contribution in [0.1, 0.15) is 28.7 Å². The van der Waals surface area contributed by atoms with Gasteiger partial charge in [0.05, 0.1) is 22.9 Å². The maximum atomic E-state index is 13.0. The third-order valence-corrected chi connectivity index (χ3v) is 6.25. The monoisotopic (exact) mass is 472 g/mol. The average Bonchev–Trinajstić information content (AvgIpc) is 3.04. The molecule has 10 nitrogen and oxygen atoms in total. The Morgan fingerprint density at radius 3 is 2.71 bits per heavy atom. The standard InChI is InChI=1S/C25H28N8O2/c1-32-20-6-3-2-5-18(20)30-25(32)31-23(34)21-22(26)28-15-19(29-21)16-7-9-17(10-8-16)24(35)33-13-4-11-27-12-14-33/h2-3,5-10,15,24,27,35H,4,11-14H2,1H3,(H2,26,28)(H,30,31,34). The van der Waals surface area contributed by atoms with Crippen LogP contribution in [0.2, 0.25) is 0 Å². The molecule has 2 aromatic carbocycles. The molecule has 35 heavy (non-hydrogen) atoms. The number of hydrogen-bond acceptors (Lipinski definition) is 8. The smallest absolute Gasteiger partial charge is 0.280 e. The number of rotatable bonds is 5. The topological polar surface area (TPSA) is 134 Å². The molecule has 0 radical (unpaired) electrons. The number of benzene rings is 2. The number of anilines is 2. The van der Waals surface area contributed by atoms with E-state index >= 15 is 0 Å². The number of fused-ring (bicyclic) bond motifs is 1. The third kappa shape index (κ3) is 4.72. The van der Waals surface area contributed by atoms with E-state index in [1.165, 1.54) is 6.20 Å². The van der Waals surface area contributed by atoms with E-state index in [0.29, 0.717) is 11.6 Å². The first-order valence-electron chi connectivity index (χ1n) is 11.6. The van der Waals surface area contributed by atoms with Gasteiger partial charge in [0.25, 0.3) is 5.91 Å². The Hall–Kier alpha value is -3.86. The molecule has 1 amide bonds. The summed E-state index contributed by atoms with van der Waals surface area (Å²) in [4.78, 5) is 28.2. The molecule has 180 valence electrons. The van der Waals surface area contributed by atoms with Crippen LogP contribution in [0.4, 0.5) is 11.8 Å². The zero-order valence-electron chi connectivity index (χ0n) is 19.5. The number of nitrogens with one attached hydrogen (secondary N) is 2. The van der Waals surface area contributed by atoms with E-state index in [9.17, 15) is 9.90 Å². The Kier molecular flexibility index (Phi) is 6.41. The predicted octanol–water partition coefficient (Wildman–Crippen LogP) is 2.15. The molecule has 1 saturated heterocycles. The Labute approximate surface area is 202 Å². The van der Waals surface area contributed by atoms with Crippen LogP contribution in [0.15, 0.2) is 54.7 Å². The van der Waals surface area contributed by atoms with E-state index in [4.69, 9.17) is 5.73 Å². The SMILES string of the molecule is Cn1c(NC(=O)c2nc(-c3ccc(C(O)N4CCCNCC4)cc3)cnc2N)nc2ccccc21. The maximum absolute atomic E-state index is 13.0. The summed E-state index contributed by atoms with van der Waals surface area (Å²) in [6, 6.07) is 15.1. The van der Waals surface area contributed by atoms with E-state index in [1.807, 2.05) is 55.6 Å². The predicted molar refractivity (Wildman–Crippen MR) is 135 cm³/mol. The number of para-hydroxylation sites is 2. The Bertz CT molecular complexity index is 1340. The second-order valence-electron chi connectivity index (χ2n) is 8.56. The van der Waals surface area contributed by atoms with Gasteiger partial charge in [0.1, 0.15) is 6.23 Å². The first kappa shape index (κ1) is 22.9. The van der Waals surface area contributed by atoms with Gasteiger partial charge in [-0.2, -0.15) is 0 Å². The van der Waals surface area contributed by atoms with Gasteiger partial charge >= 0.3 is 0 Å². The van der Waals surface area contributed by atoms with Crippen molar-refractivity contribution in [3.63, 3.8) is 0 Å². The molecule has 0 aliphatic carbocycles. The Balaban J connectivity index is 1.35. The second-order valence-corrected chi connectivity index (χ2v) is 8.56. The number of imidazole rings is 1. The van der Waals surface area contributed by atoms with Crippen LogP contribution in [-0.2, 0) is 7.05 Å². The molecule has 5 rings (SSSR count). The number of aliphatic hydroxyl groups is 1. The normalized spacial score (nSPS) is 15.6. The third-order valence-electron chi connectivity index (χ3n) is 6.25. The molecule has 4 aromatic rings. The fourth-order valence-corrected chi connectivity index (χ4v) is 4.27. The molecule has 1 aliphatic heterocycles. The lowest BCUT2D eigenvalue weighted by atomic mass is 10.1. The molecule has 2 aromatic heterocycles. The number of nitrogen functional groups attached to an aromatic ring is 1. The van der Waals surface area contributed by atoms with Crippen molar-refractivity contribution in [1.29, 1.82) is 0 Å². The van der Waals surface area contributed by atoms with Crippen LogP contribution in [0.3, 0.4) is 0 Å². The molecule has 3 heterocycles. The fourth-order valence-electron chi connectivity index (χ4n) is 4.27. The van der Waals surface area contributed by atoms with Gasteiger partial charge in [0, 0.05) is 32.2 Å². The van der Waals surface area contributed by atoms with Gasteiger partial charge in [0.2, 0.25) is 5.95 Å². The van der Waals surface area contributed by atoms with E-state index in [1.54, 1.807) is 4.57 Å². The van der Waals surface area contributed by atoms with Crippen molar-refractivity contribution in [2.45, 2.75) is 12.6 Å². The van der Waals surface area contributed by atoms with Gasteiger partial charge in [-0.3, -0.25) is 15.0 Å². The summed E-state index contributed by atoms with van der Waals surface area (Å²) in [5.74, 6) is -0.0613.